The molecule has 0 bridgehead atoms. The minimum Gasteiger partial charge on any atom is -0.326 e. The number of hydrogen-bond donors (Lipinski definition) is 3. The number of aromatic amines is 1. The predicted octanol–water partition coefficient (Wildman–Crippen LogP) is 2.24. The van der Waals surface area contributed by atoms with E-state index >= 15 is 0 Å². The van der Waals surface area contributed by atoms with E-state index < -0.39 is 0 Å². The van der Waals surface area contributed by atoms with Crippen molar-refractivity contribution in [2.24, 2.45) is 0 Å². The lowest BCUT2D eigenvalue weighted by atomic mass is 10.1. The largest absolute Gasteiger partial charge is 0.326 e. The first-order valence-electron chi connectivity index (χ1n) is 7.34. The fourth-order valence-electron chi connectivity index (χ4n) is 2.82. The number of hydrogen-bond acceptors (Lipinski definition) is 3. The van der Waals surface area contributed by atoms with Gasteiger partial charge in [-0.05, 0) is 29.8 Å². The SMILES string of the molecule is O=C(Cc1[nH]nc2ccccc12)Nc1ccc2c(c1)CC(=O)N2. The van der Waals surface area contributed by atoms with Gasteiger partial charge >= 0.3 is 0 Å². The summed E-state index contributed by atoms with van der Waals surface area (Å²) in [5.74, 6) is -0.149. The quantitative estimate of drug-likeness (QED) is 0.693. The van der Waals surface area contributed by atoms with Crippen molar-refractivity contribution in [3.05, 3.63) is 53.7 Å². The van der Waals surface area contributed by atoms with E-state index in [4.69, 9.17) is 0 Å². The minimum absolute atomic E-state index is 0.0209. The Morgan fingerprint density at radius 3 is 3.00 bits per heavy atom. The van der Waals surface area contributed by atoms with Gasteiger partial charge in [-0.1, -0.05) is 18.2 Å². The maximum absolute atomic E-state index is 12.2. The third kappa shape index (κ3) is 2.55. The summed E-state index contributed by atoms with van der Waals surface area (Å²) in [4.78, 5) is 23.6. The van der Waals surface area contributed by atoms with Crippen LogP contribution in [-0.4, -0.2) is 22.0 Å². The third-order valence-electron chi connectivity index (χ3n) is 3.89. The molecule has 1 aromatic heterocycles. The van der Waals surface area contributed by atoms with Gasteiger partial charge in [0.1, 0.15) is 0 Å². The Labute approximate surface area is 131 Å². The van der Waals surface area contributed by atoms with Gasteiger partial charge in [-0.15, -0.1) is 0 Å². The van der Waals surface area contributed by atoms with E-state index in [-0.39, 0.29) is 18.2 Å². The molecule has 23 heavy (non-hydrogen) atoms. The molecule has 0 saturated heterocycles. The summed E-state index contributed by atoms with van der Waals surface area (Å²) < 4.78 is 0. The summed E-state index contributed by atoms with van der Waals surface area (Å²) in [6.07, 6.45) is 0.568. The van der Waals surface area contributed by atoms with Crippen LogP contribution in [0.4, 0.5) is 11.4 Å². The number of rotatable bonds is 3. The van der Waals surface area contributed by atoms with E-state index in [2.05, 4.69) is 20.8 Å². The number of amides is 2. The van der Waals surface area contributed by atoms with Gasteiger partial charge in [-0.2, -0.15) is 5.10 Å². The highest BCUT2D eigenvalue weighted by molar-refractivity contribution is 6.00. The maximum atomic E-state index is 12.2. The molecular formula is C17H14N4O2. The number of fused-ring (bicyclic) bond motifs is 2. The Balaban J connectivity index is 1.50. The first-order valence-corrected chi connectivity index (χ1v) is 7.34. The van der Waals surface area contributed by atoms with Crippen LogP contribution in [0.2, 0.25) is 0 Å². The molecule has 0 atom stereocenters. The highest BCUT2D eigenvalue weighted by atomic mass is 16.2. The number of nitrogens with one attached hydrogen (secondary N) is 3. The standard InChI is InChI=1S/C17H14N4O2/c22-16-8-10-7-11(5-6-13(10)19-16)18-17(23)9-15-12-3-1-2-4-14(12)20-21-15/h1-7H,8-9H2,(H,18,23)(H,19,22)(H,20,21). The number of carbonyl (C=O) groups is 2. The van der Waals surface area contributed by atoms with Gasteiger partial charge < -0.3 is 10.6 Å². The molecule has 2 amide bonds. The van der Waals surface area contributed by atoms with Crippen LogP contribution in [0.15, 0.2) is 42.5 Å². The topological polar surface area (TPSA) is 86.9 Å². The molecule has 4 rings (SSSR count). The van der Waals surface area contributed by atoms with Crippen molar-refractivity contribution in [1.82, 2.24) is 10.2 Å². The second-order valence-electron chi connectivity index (χ2n) is 5.54. The van der Waals surface area contributed by atoms with Crippen LogP contribution in [0.1, 0.15) is 11.3 Å². The van der Waals surface area contributed by atoms with Crippen molar-refractivity contribution in [2.45, 2.75) is 12.8 Å². The summed E-state index contributed by atoms with van der Waals surface area (Å²) >= 11 is 0. The Morgan fingerprint density at radius 2 is 2.09 bits per heavy atom. The van der Waals surface area contributed by atoms with Crippen LogP contribution in [0.5, 0.6) is 0 Å². The number of nitrogens with zero attached hydrogens (tertiary/aromatic N) is 1. The van der Waals surface area contributed by atoms with Crippen molar-refractivity contribution in [3.63, 3.8) is 0 Å². The van der Waals surface area contributed by atoms with Crippen LogP contribution in [0, 0.1) is 0 Å². The lowest BCUT2D eigenvalue weighted by Crippen LogP contribution is -2.14. The van der Waals surface area contributed by atoms with Gasteiger partial charge in [0.05, 0.1) is 24.1 Å². The zero-order valence-electron chi connectivity index (χ0n) is 12.2. The first-order chi connectivity index (χ1) is 11.2. The van der Waals surface area contributed by atoms with Gasteiger partial charge in [0.2, 0.25) is 11.8 Å². The van der Waals surface area contributed by atoms with Gasteiger partial charge in [0.25, 0.3) is 0 Å². The second-order valence-corrected chi connectivity index (χ2v) is 5.54. The molecule has 6 nitrogen and oxygen atoms in total. The summed E-state index contributed by atoms with van der Waals surface area (Å²) in [6.45, 7) is 0. The Hall–Kier alpha value is -3.15. The minimum atomic E-state index is -0.128. The number of anilines is 2. The molecule has 3 aromatic rings. The van der Waals surface area contributed by atoms with E-state index in [1.807, 2.05) is 30.3 Å². The van der Waals surface area contributed by atoms with E-state index in [9.17, 15) is 9.59 Å². The second kappa shape index (κ2) is 5.24. The Morgan fingerprint density at radius 1 is 1.22 bits per heavy atom. The number of para-hydroxylation sites is 1. The summed E-state index contributed by atoms with van der Waals surface area (Å²) in [5.41, 5.74) is 4.04. The zero-order chi connectivity index (χ0) is 15.8. The highest BCUT2D eigenvalue weighted by Crippen LogP contribution is 2.26. The average Bonchev–Trinajstić information content (AvgIpc) is 3.10. The third-order valence-corrected chi connectivity index (χ3v) is 3.89. The van der Waals surface area contributed by atoms with E-state index in [0.29, 0.717) is 12.1 Å². The van der Waals surface area contributed by atoms with Crippen molar-refractivity contribution in [2.75, 3.05) is 10.6 Å². The monoisotopic (exact) mass is 306 g/mol. The van der Waals surface area contributed by atoms with Crippen LogP contribution in [-0.2, 0) is 22.4 Å². The van der Waals surface area contributed by atoms with Gasteiger partial charge in [0.15, 0.2) is 0 Å². The Kier molecular flexibility index (Phi) is 3.08. The average molecular weight is 306 g/mol. The van der Waals surface area contributed by atoms with Crippen LogP contribution < -0.4 is 10.6 Å². The van der Waals surface area contributed by atoms with E-state index in [0.717, 1.165) is 27.8 Å². The van der Waals surface area contributed by atoms with E-state index in [1.54, 1.807) is 12.1 Å². The predicted molar refractivity (Wildman–Crippen MR) is 87.2 cm³/mol. The lowest BCUT2D eigenvalue weighted by Gasteiger charge is -2.06. The molecule has 0 unspecified atom stereocenters. The number of carbonyl (C=O) groups excluding carboxylic acids is 2. The van der Waals surface area contributed by atoms with Crippen molar-refractivity contribution >= 4 is 34.1 Å². The van der Waals surface area contributed by atoms with Crippen LogP contribution >= 0.6 is 0 Å². The molecule has 2 aromatic carbocycles. The van der Waals surface area contributed by atoms with Crippen LogP contribution in [0.25, 0.3) is 10.9 Å². The number of aromatic nitrogens is 2. The fourth-order valence-corrected chi connectivity index (χ4v) is 2.82. The Bertz CT molecular complexity index is 929. The summed E-state index contributed by atoms with van der Waals surface area (Å²) in [7, 11) is 0. The molecule has 2 heterocycles. The van der Waals surface area contributed by atoms with Gasteiger partial charge in [0, 0.05) is 16.8 Å². The van der Waals surface area contributed by atoms with Gasteiger partial charge in [-0.25, -0.2) is 0 Å². The lowest BCUT2D eigenvalue weighted by molar-refractivity contribution is -0.116. The normalized spacial score (nSPS) is 13.0. The molecule has 1 aliphatic heterocycles. The molecule has 0 spiro atoms. The molecule has 1 aliphatic rings. The molecular weight excluding hydrogens is 292 g/mol. The van der Waals surface area contributed by atoms with Crippen molar-refractivity contribution < 1.29 is 9.59 Å². The van der Waals surface area contributed by atoms with Crippen LogP contribution in [0.3, 0.4) is 0 Å². The van der Waals surface area contributed by atoms with Gasteiger partial charge in [-0.3, -0.25) is 14.7 Å². The zero-order valence-corrected chi connectivity index (χ0v) is 12.2. The van der Waals surface area contributed by atoms with Crippen molar-refractivity contribution in [3.8, 4) is 0 Å². The smallest absolute Gasteiger partial charge is 0.230 e. The number of benzene rings is 2. The maximum Gasteiger partial charge on any atom is 0.230 e. The molecule has 0 saturated carbocycles. The first kappa shape index (κ1) is 13.5. The summed E-state index contributed by atoms with van der Waals surface area (Å²) in [5, 5.41) is 13.7. The highest BCUT2D eigenvalue weighted by Gasteiger charge is 2.18. The molecule has 0 aliphatic carbocycles. The van der Waals surface area contributed by atoms with E-state index in [1.165, 1.54) is 0 Å². The molecule has 0 radical (unpaired) electrons. The fraction of sp³-hybridized carbons (Fsp3) is 0.118. The summed E-state index contributed by atoms with van der Waals surface area (Å²) in [6, 6.07) is 13.1. The molecule has 6 heteroatoms. The molecule has 0 fully saturated rings. The molecule has 114 valence electrons. The molecule has 3 N–H and O–H groups in total. The van der Waals surface area contributed by atoms with Crippen molar-refractivity contribution in [1.29, 1.82) is 0 Å². The number of H-pyrrole nitrogens is 1.